The maximum Gasteiger partial charge on any atom is 0.157 e. The molecule has 4 heteroatoms. The number of amidine groups is 2. The molecule has 56 heavy (non-hydrogen) atoms. The molecule has 1 unspecified atom stereocenters. The Morgan fingerprint density at radius 2 is 1.21 bits per heavy atom. The van der Waals surface area contributed by atoms with Crippen LogP contribution in [0, 0.1) is 5.92 Å². The van der Waals surface area contributed by atoms with Crippen LogP contribution in [-0.2, 0) is 6.54 Å². The summed E-state index contributed by atoms with van der Waals surface area (Å²) in [5.74, 6) is 1.29. The highest BCUT2D eigenvalue weighted by atomic mass is 15.0. The summed E-state index contributed by atoms with van der Waals surface area (Å²) >= 11 is 0. The van der Waals surface area contributed by atoms with Crippen LogP contribution in [0.3, 0.4) is 0 Å². The molecule has 0 amide bonds. The van der Waals surface area contributed by atoms with E-state index in [2.05, 4.69) is 198 Å². The highest BCUT2D eigenvalue weighted by Gasteiger charge is 2.22. The molecule has 9 aromatic rings. The molecule has 0 aliphatic heterocycles. The molecular formula is C52H38N4. The van der Waals surface area contributed by atoms with Gasteiger partial charge < -0.3 is 4.57 Å². The normalized spacial score (nSPS) is 14.8. The van der Waals surface area contributed by atoms with Crippen LogP contribution in [-0.4, -0.2) is 23.0 Å². The van der Waals surface area contributed by atoms with Crippen LogP contribution in [0.25, 0.3) is 70.9 Å². The first-order valence-electron chi connectivity index (χ1n) is 19.2. The molecule has 0 spiro atoms. The van der Waals surface area contributed by atoms with Crippen molar-refractivity contribution in [2.24, 2.45) is 20.9 Å². The van der Waals surface area contributed by atoms with Gasteiger partial charge in [-0.05, 0) is 81.0 Å². The quantitative estimate of drug-likeness (QED) is 0.0933. The molecule has 0 saturated heterocycles. The van der Waals surface area contributed by atoms with E-state index in [0.29, 0.717) is 18.2 Å². The van der Waals surface area contributed by atoms with Crippen molar-refractivity contribution in [2.75, 3.05) is 0 Å². The Labute approximate surface area is 325 Å². The van der Waals surface area contributed by atoms with Gasteiger partial charge in [0.2, 0.25) is 0 Å². The van der Waals surface area contributed by atoms with E-state index in [1.54, 1.807) is 0 Å². The van der Waals surface area contributed by atoms with Gasteiger partial charge in [-0.15, -0.1) is 0 Å². The Hall–Kier alpha value is -7.17. The second kappa shape index (κ2) is 14.2. The van der Waals surface area contributed by atoms with Crippen molar-refractivity contribution in [3.63, 3.8) is 0 Å². The number of rotatable bonds is 6. The molecule has 10 rings (SSSR count). The number of aromatic nitrogens is 1. The maximum atomic E-state index is 5.38. The third-order valence-corrected chi connectivity index (χ3v) is 11.1. The molecule has 1 aromatic heterocycles. The lowest BCUT2D eigenvalue weighted by molar-refractivity contribution is 0.860. The largest absolute Gasteiger partial charge is 0.309 e. The summed E-state index contributed by atoms with van der Waals surface area (Å²) in [6.45, 7) is 4.49. The number of benzene rings is 8. The number of hydrogen-bond acceptors (Lipinski definition) is 1. The summed E-state index contributed by atoms with van der Waals surface area (Å²) in [4.78, 5) is 15.3. The number of fused-ring (bicyclic) bond motifs is 9. The average Bonchev–Trinajstić information content (AvgIpc) is 3.61. The Morgan fingerprint density at radius 1 is 0.571 bits per heavy atom. The van der Waals surface area contributed by atoms with Gasteiger partial charge in [-0.3, -0.25) is 4.99 Å². The van der Waals surface area contributed by atoms with E-state index >= 15 is 0 Å². The van der Waals surface area contributed by atoms with Crippen LogP contribution >= 0.6 is 0 Å². The molecule has 0 fully saturated rings. The van der Waals surface area contributed by atoms with Crippen molar-refractivity contribution < 1.29 is 0 Å². The number of para-hydroxylation sites is 1. The summed E-state index contributed by atoms with van der Waals surface area (Å²) < 4.78 is 2.42. The van der Waals surface area contributed by atoms with Crippen molar-refractivity contribution in [2.45, 2.75) is 13.0 Å². The smallest absolute Gasteiger partial charge is 0.157 e. The second-order valence-electron chi connectivity index (χ2n) is 14.4. The summed E-state index contributed by atoms with van der Waals surface area (Å²) in [5, 5.41) is 9.43. The molecule has 0 saturated carbocycles. The van der Waals surface area contributed by atoms with Crippen LogP contribution in [0.1, 0.15) is 17.5 Å². The predicted molar refractivity (Wildman–Crippen MR) is 239 cm³/mol. The van der Waals surface area contributed by atoms with Crippen molar-refractivity contribution >= 4 is 72.5 Å². The van der Waals surface area contributed by atoms with E-state index in [4.69, 9.17) is 9.98 Å². The molecule has 0 bridgehead atoms. The summed E-state index contributed by atoms with van der Waals surface area (Å²) in [6.07, 6.45) is 9.26. The second-order valence-corrected chi connectivity index (χ2v) is 14.4. The van der Waals surface area contributed by atoms with Crippen LogP contribution in [0.4, 0.5) is 0 Å². The minimum Gasteiger partial charge on any atom is -0.309 e. The SMILES string of the molecule is C=NC(=NC(=NCc1ccccc1)c1cc(-n2c3ccccc3c3ccc(-c4ccccc4)cc32)cc2c3ccccc3c3ccccc3c12)C1C=CC=CC1. The molecule has 1 atom stereocenters. The van der Waals surface area contributed by atoms with Crippen LogP contribution in [0.15, 0.2) is 203 Å². The van der Waals surface area contributed by atoms with Crippen LogP contribution in [0.5, 0.6) is 0 Å². The van der Waals surface area contributed by atoms with Gasteiger partial charge in [0.1, 0.15) is 5.84 Å². The van der Waals surface area contributed by atoms with Crippen molar-refractivity contribution in [1.29, 1.82) is 0 Å². The first kappa shape index (κ1) is 33.4. The third-order valence-electron chi connectivity index (χ3n) is 11.1. The Balaban J connectivity index is 1.34. The van der Waals surface area contributed by atoms with Crippen molar-refractivity contribution in [3.05, 3.63) is 199 Å². The van der Waals surface area contributed by atoms with Gasteiger partial charge in [0.15, 0.2) is 5.84 Å². The first-order valence-corrected chi connectivity index (χ1v) is 19.2. The number of aliphatic imine (C=N–C) groups is 3. The van der Waals surface area contributed by atoms with E-state index in [-0.39, 0.29) is 5.92 Å². The number of nitrogens with zero attached hydrogens (tertiary/aromatic N) is 4. The molecule has 1 aliphatic carbocycles. The fourth-order valence-electron chi connectivity index (χ4n) is 8.43. The summed E-state index contributed by atoms with van der Waals surface area (Å²) in [5.41, 5.74) is 7.75. The van der Waals surface area contributed by atoms with Crippen molar-refractivity contribution in [3.8, 4) is 16.8 Å². The average molecular weight is 719 g/mol. The molecule has 0 N–H and O–H groups in total. The lowest BCUT2D eigenvalue weighted by Crippen LogP contribution is -2.14. The summed E-state index contributed by atoms with van der Waals surface area (Å²) in [7, 11) is 0. The molecule has 1 aliphatic rings. The van der Waals surface area contributed by atoms with Gasteiger partial charge in [0, 0.05) is 33.3 Å². The van der Waals surface area contributed by atoms with Gasteiger partial charge in [-0.2, -0.15) is 0 Å². The fourth-order valence-corrected chi connectivity index (χ4v) is 8.43. The zero-order chi connectivity index (χ0) is 37.4. The Bertz CT molecular complexity index is 3090. The monoisotopic (exact) mass is 718 g/mol. The fraction of sp³-hybridized carbons (Fsp3) is 0.0577. The van der Waals surface area contributed by atoms with E-state index in [0.717, 1.165) is 50.4 Å². The van der Waals surface area contributed by atoms with Gasteiger partial charge in [-0.1, -0.05) is 164 Å². The molecule has 266 valence electrons. The Morgan fingerprint density at radius 3 is 1.95 bits per heavy atom. The van der Waals surface area contributed by atoms with E-state index in [9.17, 15) is 0 Å². The number of hydrogen-bond donors (Lipinski definition) is 0. The van der Waals surface area contributed by atoms with E-state index in [1.165, 1.54) is 38.1 Å². The predicted octanol–water partition coefficient (Wildman–Crippen LogP) is 13.1. The van der Waals surface area contributed by atoms with Gasteiger partial charge in [-0.25, -0.2) is 9.98 Å². The minimum atomic E-state index is 0.000176. The molecule has 0 radical (unpaired) electrons. The lowest BCUT2D eigenvalue weighted by Gasteiger charge is -2.19. The maximum absolute atomic E-state index is 5.38. The van der Waals surface area contributed by atoms with Gasteiger partial charge in [0.05, 0.1) is 17.6 Å². The zero-order valence-electron chi connectivity index (χ0n) is 30.9. The molecule has 4 nitrogen and oxygen atoms in total. The van der Waals surface area contributed by atoms with Crippen LogP contribution in [0.2, 0.25) is 0 Å². The molecule has 1 heterocycles. The Kier molecular flexibility index (Phi) is 8.49. The third kappa shape index (κ3) is 5.84. The van der Waals surface area contributed by atoms with Crippen molar-refractivity contribution in [1.82, 2.24) is 4.57 Å². The first-order chi connectivity index (χ1) is 27.7. The number of allylic oxidation sites excluding steroid dienone is 3. The van der Waals surface area contributed by atoms with Gasteiger partial charge >= 0.3 is 0 Å². The lowest BCUT2D eigenvalue weighted by atomic mass is 9.90. The highest BCUT2D eigenvalue weighted by Crippen LogP contribution is 2.41. The van der Waals surface area contributed by atoms with Crippen LogP contribution < -0.4 is 0 Å². The van der Waals surface area contributed by atoms with Gasteiger partial charge in [0.25, 0.3) is 0 Å². The molecule has 8 aromatic carbocycles. The minimum absolute atomic E-state index is 0.000176. The van der Waals surface area contributed by atoms with E-state index in [1.807, 2.05) is 6.07 Å². The summed E-state index contributed by atoms with van der Waals surface area (Å²) in [6, 6.07) is 58.7. The topological polar surface area (TPSA) is 42.0 Å². The zero-order valence-corrected chi connectivity index (χ0v) is 30.9. The molecular weight excluding hydrogens is 681 g/mol. The van der Waals surface area contributed by atoms with E-state index < -0.39 is 0 Å². The standard InChI is InChI=1S/C52H38N4/c1-53-51(37-21-9-4-10-22-37)55-52(54-34-35-17-5-2-6-18-35)47-33-39(32-46-42-25-12-11-23-40(42)41-24-13-14-27-45(41)50(46)47)56-48-28-16-15-26-43(48)44-30-29-38(31-49(44)56)36-19-7-3-8-20-36/h2-21,23-33,37H,1,22,34H2. The highest BCUT2D eigenvalue weighted by molar-refractivity contribution is 6.31.